The average Bonchev–Trinajstić information content (AvgIpc) is 3.60. The van der Waals surface area contributed by atoms with E-state index in [1.54, 1.807) is 11.3 Å². The molecule has 0 bridgehead atoms. The molecule has 2 aromatic carbocycles. The lowest BCUT2D eigenvalue weighted by Gasteiger charge is -2.38. The van der Waals surface area contributed by atoms with E-state index in [0.717, 1.165) is 72.4 Å². The van der Waals surface area contributed by atoms with Crippen LogP contribution in [0.3, 0.4) is 0 Å². The summed E-state index contributed by atoms with van der Waals surface area (Å²) in [5.41, 5.74) is 5.40. The molecule has 1 saturated heterocycles. The zero-order valence-electron chi connectivity index (χ0n) is 20.6. The lowest BCUT2D eigenvalue weighted by atomic mass is 9.92. The number of aromatic nitrogens is 1. The number of hydrogen-bond donors (Lipinski definition) is 2. The Labute approximate surface area is 211 Å². The molecule has 0 radical (unpaired) electrons. The first-order valence-corrected chi connectivity index (χ1v) is 13.7. The molecule has 186 valence electrons. The molecule has 1 saturated carbocycles. The fraction of sp³-hybridized carbons (Fsp3) is 0.500. The molecule has 1 aliphatic carbocycles. The molecule has 0 spiro atoms. The Hall–Kier alpha value is -2.64. The molecule has 1 unspecified atom stereocenters. The number of anilines is 3. The van der Waals surface area contributed by atoms with Gasteiger partial charge in [0.05, 0.1) is 33.0 Å². The van der Waals surface area contributed by atoms with Crippen molar-refractivity contribution < 1.29 is 14.6 Å². The maximum absolute atomic E-state index is 11.5. The Bertz CT molecular complexity index is 1180. The molecule has 3 aromatic rings. The summed E-state index contributed by atoms with van der Waals surface area (Å²) in [6.45, 7) is 6.79. The van der Waals surface area contributed by atoms with Crippen molar-refractivity contribution in [2.45, 2.75) is 64.3 Å². The van der Waals surface area contributed by atoms with E-state index in [1.807, 2.05) is 6.92 Å². The lowest BCUT2D eigenvalue weighted by molar-refractivity contribution is -0.137. The monoisotopic (exact) mass is 493 g/mol. The molecular weight excluding hydrogens is 458 g/mol. The van der Waals surface area contributed by atoms with Crippen LogP contribution in [0.15, 0.2) is 36.4 Å². The number of carboxylic acids is 1. The van der Waals surface area contributed by atoms with E-state index >= 15 is 0 Å². The van der Waals surface area contributed by atoms with Crippen LogP contribution in [-0.4, -0.2) is 41.9 Å². The minimum atomic E-state index is -0.751. The number of nitrogens with one attached hydrogen (secondary N) is 1. The quantitative estimate of drug-likeness (QED) is 0.327. The Morgan fingerprint density at radius 2 is 2.00 bits per heavy atom. The number of aryl methyl sites for hydroxylation is 1. The predicted octanol–water partition coefficient (Wildman–Crippen LogP) is 6.71. The molecule has 2 fully saturated rings. The van der Waals surface area contributed by atoms with E-state index < -0.39 is 5.97 Å². The molecule has 1 aromatic heterocycles. The van der Waals surface area contributed by atoms with Crippen LogP contribution >= 0.6 is 11.3 Å². The van der Waals surface area contributed by atoms with E-state index in [9.17, 15) is 9.90 Å². The molecule has 1 aliphatic heterocycles. The third-order valence-corrected chi connectivity index (χ3v) is 8.21. The van der Waals surface area contributed by atoms with Crippen LogP contribution in [0.2, 0.25) is 0 Å². The predicted molar refractivity (Wildman–Crippen MR) is 143 cm³/mol. The van der Waals surface area contributed by atoms with Gasteiger partial charge in [0, 0.05) is 31.5 Å². The minimum absolute atomic E-state index is 0.00584. The van der Waals surface area contributed by atoms with Crippen molar-refractivity contribution in [1.29, 1.82) is 0 Å². The number of aliphatic carboxylic acids is 1. The molecule has 2 N–H and O–H groups in total. The number of carbonyl (C=O) groups is 1. The summed E-state index contributed by atoms with van der Waals surface area (Å²) in [5, 5.41) is 14.2. The number of hydrogen-bond acceptors (Lipinski definition) is 6. The van der Waals surface area contributed by atoms with E-state index in [0.29, 0.717) is 6.04 Å². The van der Waals surface area contributed by atoms with Gasteiger partial charge in [-0.15, -0.1) is 11.3 Å². The molecule has 2 heterocycles. The lowest BCUT2D eigenvalue weighted by Crippen LogP contribution is -2.41. The summed E-state index contributed by atoms with van der Waals surface area (Å²) in [4.78, 5) is 18.7. The Morgan fingerprint density at radius 3 is 2.71 bits per heavy atom. The van der Waals surface area contributed by atoms with Crippen LogP contribution in [0.5, 0.6) is 0 Å². The summed E-state index contributed by atoms with van der Waals surface area (Å²) in [6, 6.07) is 13.3. The number of carboxylic acid groups (broad SMARTS) is 1. The van der Waals surface area contributed by atoms with E-state index in [2.05, 4.69) is 58.5 Å². The number of rotatable bonds is 10. The average molecular weight is 494 g/mol. The van der Waals surface area contributed by atoms with Gasteiger partial charge in [-0.3, -0.25) is 4.79 Å². The van der Waals surface area contributed by atoms with Gasteiger partial charge < -0.3 is 20.1 Å². The van der Waals surface area contributed by atoms with E-state index in [-0.39, 0.29) is 12.3 Å². The van der Waals surface area contributed by atoms with Crippen LogP contribution in [0, 0.1) is 12.8 Å². The summed E-state index contributed by atoms with van der Waals surface area (Å²) in [5.74, 6) is 0.00463. The molecule has 5 rings (SSSR count). The summed E-state index contributed by atoms with van der Waals surface area (Å²) < 4.78 is 6.84. The smallest absolute Gasteiger partial charge is 0.303 e. The second-order valence-electron chi connectivity index (χ2n) is 9.96. The van der Waals surface area contributed by atoms with Gasteiger partial charge in [-0.25, -0.2) is 4.98 Å². The van der Waals surface area contributed by atoms with Crippen molar-refractivity contribution in [3.05, 3.63) is 47.0 Å². The van der Waals surface area contributed by atoms with Crippen molar-refractivity contribution in [3.63, 3.8) is 0 Å². The van der Waals surface area contributed by atoms with Crippen molar-refractivity contribution in [1.82, 2.24) is 4.98 Å². The highest BCUT2D eigenvalue weighted by Gasteiger charge is 2.31. The van der Waals surface area contributed by atoms with E-state index in [1.165, 1.54) is 23.2 Å². The van der Waals surface area contributed by atoms with Crippen LogP contribution in [-0.2, 0) is 9.53 Å². The first-order valence-electron chi connectivity index (χ1n) is 12.8. The highest BCUT2D eigenvalue weighted by Crippen LogP contribution is 2.40. The van der Waals surface area contributed by atoms with Crippen molar-refractivity contribution >= 4 is 44.6 Å². The van der Waals surface area contributed by atoms with Gasteiger partial charge in [0.1, 0.15) is 0 Å². The molecule has 35 heavy (non-hydrogen) atoms. The minimum Gasteiger partial charge on any atom is -0.481 e. The number of fused-ring (bicyclic) bond motifs is 1. The Kier molecular flexibility index (Phi) is 7.25. The Balaban J connectivity index is 1.53. The van der Waals surface area contributed by atoms with Gasteiger partial charge in [-0.2, -0.15) is 0 Å². The topological polar surface area (TPSA) is 74.7 Å². The Morgan fingerprint density at radius 1 is 1.20 bits per heavy atom. The SMILES string of the molecule is CCC(CC(=O)O)c1ccc(N(CC2CC2)C2CCOCC2)c(Nc2ccc3nc(C)sc3c2)c1. The fourth-order valence-corrected chi connectivity index (χ4v) is 6.03. The molecular formula is C28H35N3O3S. The largest absolute Gasteiger partial charge is 0.481 e. The highest BCUT2D eigenvalue weighted by atomic mass is 32.1. The van der Waals surface area contributed by atoms with Crippen LogP contribution in [0.4, 0.5) is 17.1 Å². The number of thiazole rings is 1. The number of benzene rings is 2. The summed E-state index contributed by atoms with van der Waals surface area (Å²) in [7, 11) is 0. The van der Waals surface area contributed by atoms with Crippen LogP contribution in [0.25, 0.3) is 10.2 Å². The zero-order valence-corrected chi connectivity index (χ0v) is 21.4. The van der Waals surface area contributed by atoms with Gasteiger partial charge in [0.2, 0.25) is 0 Å². The van der Waals surface area contributed by atoms with Gasteiger partial charge in [-0.05, 0) is 86.8 Å². The highest BCUT2D eigenvalue weighted by molar-refractivity contribution is 7.18. The summed E-state index contributed by atoms with van der Waals surface area (Å²) in [6.07, 6.45) is 5.63. The molecule has 2 aliphatic rings. The zero-order chi connectivity index (χ0) is 24.4. The number of nitrogens with zero attached hydrogens (tertiary/aromatic N) is 2. The van der Waals surface area contributed by atoms with Gasteiger partial charge in [-0.1, -0.05) is 13.0 Å². The third-order valence-electron chi connectivity index (χ3n) is 7.27. The van der Waals surface area contributed by atoms with Gasteiger partial charge in [0.15, 0.2) is 0 Å². The van der Waals surface area contributed by atoms with Crippen LogP contribution < -0.4 is 10.2 Å². The standard InChI is InChI=1S/C28H35N3O3S/c1-3-20(15-28(32)33)21-6-9-26(31(17-19-4-5-19)23-10-12-34-13-11-23)25(14-21)30-22-7-8-24-27(16-22)35-18(2)29-24/h6-9,14,16,19-20,23,30H,3-5,10-13,15,17H2,1-2H3,(H,32,33). The van der Waals surface area contributed by atoms with Crippen molar-refractivity contribution in [2.75, 3.05) is 30.0 Å². The molecule has 1 atom stereocenters. The summed E-state index contributed by atoms with van der Waals surface area (Å²) >= 11 is 1.70. The first-order chi connectivity index (χ1) is 17.0. The van der Waals surface area contributed by atoms with Crippen molar-refractivity contribution in [3.8, 4) is 0 Å². The molecule has 6 nitrogen and oxygen atoms in total. The maximum Gasteiger partial charge on any atom is 0.303 e. The van der Waals surface area contributed by atoms with Gasteiger partial charge in [0.25, 0.3) is 0 Å². The fourth-order valence-electron chi connectivity index (χ4n) is 5.16. The van der Waals surface area contributed by atoms with Crippen LogP contribution in [0.1, 0.15) is 61.9 Å². The van der Waals surface area contributed by atoms with E-state index in [4.69, 9.17) is 4.74 Å². The normalized spacial score (nSPS) is 17.4. The van der Waals surface area contributed by atoms with Crippen molar-refractivity contribution in [2.24, 2.45) is 5.92 Å². The third kappa shape index (κ3) is 5.78. The second kappa shape index (κ2) is 10.5. The molecule has 7 heteroatoms. The maximum atomic E-state index is 11.5. The molecule has 0 amide bonds. The number of ether oxygens (including phenoxy) is 1. The first kappa shape index (κ1) is 24.1. The van der Waals surface area contributed by atoms with Gasteiger partial charge >= 0.3 is 5.97 Å². The second-order valence-corrected chi connectivity index (χ2v) is 11.2.